The zero-order valence-corrected chi connectivity index (χ0v) is 23.6. The van der Waals surface area contributed by atoms with Crippen LogP contribution in [-0.4, -0.2) is 46.0 Å². The van der Waals surface area contributed by atoms with Crippen LogP contribution in [0.4, 0.5) is 0 Å². The van der Waals surface area contributed by atoms with Gasteiger partial charge in [-0.15, -0.1) is 15.0 Å². The Morgan fingerprint density at radius 3 is 2.19 bits per heavy atom. The summed E-state index contributed by atoms with van der Waals surface area (Å²) < 4.78 is 13.1. The van der Waals surface area contributed by atoms with Crippen molar-refractivity contribution in [3.05, 3.63) is 47.5 Å². The first-order valence-electron chi connectivity index (χ1n) is 11.2. The summed E-state index contributed by atoms with van der Waals surface area (Å²) in [6.07, 6.45) is 0.748. The van der Waals surface area contributed by atoms with Crippen molar-refractivity contribution in [3.63, 3.8) is 0 Å². The van der Waals surface area contributed by atoms with Crippen LogP contribution < -0.4 is 0 Å². The zero-order chi connectivity index (χ0) is 23.7. The normalized spacial score (nSPS) is 15.3. The minimum Gasteiger partial charge on any atom is -0.505 e. The molecule has 3 rings (SSSR count). The Morgan fingerprint density at radius 1 is 1.06 bits per heavy atom. The molecule has 0 fully saturated rings. The molecular weight excluding hydrogens is 451 g/mol. The largest absolute Gasteiger partial charge is 0.505 e. The van der Waals surface area contributed by atoms with Gasteiger partial charge in [-0.05, 0) is 93.9 Å². The number of nitrogens with zero attached hydrogens (tertiary/aromatic N) is 3. The Bertz CT molecular complexity index is 1050. The van der Waals surface area contributed by atoms with E-state index >= 15 is 0 Å². The fraction of sp³-hybridized carbons (Fsp3) is 0.478. The zero-order valence-electron chi connectivity index (χ0n) is 20.6. The van der Waals surface area contributed by atoms with E-state index in [9.17, 15) is 5.11 Å². The van der Waals surface area contributed by atoms with E-state index in [0.29, 0.717) is 11.6 Å². The van der Waals surface area contributed by atoms with Gasteiger partial charge in [-0.25, -0.2) is 0 Å². The smallest absolute Gasteiger partial charge is 0.314 e. The average molecular weight is 487 g/mol. The Kier molecular flexibility index (Phi) is 7.45. The standard InChI is InChI=1S/C23H36N3O3Si3/c1-17-13-19(14-18(2)16-32(8,28-30(3)4)29-31(5,6)7)23(27)22(15-17)26-24-20-11-9-10-12-21(20)25-26/h9-13,15,18,27H,14,16H2,1-8H3. The SMILES string of the molecule is Cc1cc(CC(C)C[Si](C)(O[Si](C)C)O[Si](C)(C)C)c(O)c(-n2nc3ccccc3n2)c1. The van der Waals surface area contributed by atoms with Gasteiger partial charge in [-0.1, -0.05) is 25.1 Å². The molecule has 0 saturated carbocycles. The van der Waals surface area contributed by atoms with Gasteiger partial charge in [-0.3, -0.25) is 0 Å². The van der Waals surface area contributed by atoms with Gasteiger partial charge in [0.15, 0.2) is 17.4 Å². The lowest BCUT2D eigenvalue weighted by Gasteiger charge is -2.37. The van der Waals surface area contributed by atoms with Gasteiger partial charge in [0.1, 0.15) is 22.5 Å². The van der Waals surface area contributed by atoms with Gasteiger partial charge in [0, 0.05) is 0 Å². The molecule has 2 unspecified atom stereocenters. The summed E-state index contributed by atoms with van der Waals surface area (Å²) in [7, 11) is -4.88. The van der Waals surface area contributed by atoms with Crippen molar-refractivity contribution in [2.75, 3.05) is 0 Å². The third kappa shape index (κ3) is 6.38. The van der Waals surface area contributed by atoms with Gasteiger partial charge in [0.05, 0.1) is 0 Å². The minimum atomic E-state index is -2.30. The number of aryl methyl sites for hydroxylation is 1. The monoisotopic (exact) mass is 486 g/mol. The van der Waals surface area contributed by atoms with E-state index in [0.717, 1.165) is 34.6 Å². The molecule has 1 heterocycles. The number of rotatable bonds is 9. The summed E-state index contributed by atoms with van der Waals surface area (Å²) in [6, 6.07) is 12.6. The van der Waals surface area contributed by atoms with Crippen molar-refractivity contribution < 1.29 is 13.3 Å². The van der Waals surface area contributed by atoms with E-state index in [1.165, 1.54) is 0 Å². The summed E-state index contributed by atoms with van der Waals surface area (Å²) in [5.74, 6) is 0.559. The molecule has 0 amide bonds. The van der Waals surface area contributed by atoms with Crippen LogP contribution in [-0.2, 0) is 14.7 Å². The fourth-order valence-corrected chi connectivity index (χ4v) is 15.6. The van der Waals surface area contributed by atoms with Crippen LogP contribution in [0.25, 0.3) is 16.7 Å². The lowest BCUT2D eigenvalue weighted by molar-refractivity contribution is 0.375. The second kappa shape index (κ2) is 9.60. The second-order valence-electron chi connectivity index (χ2n) is 10.1. The van der Waals surface area contributed by atoms with E-state index < -0.39 is 25.9 Å². The van der Waals surface area contributed by atoms with Gasteiger partial charge in [0.25, 0.3) is 0 Å². The summed E-state index contributed by atoms with van der Waals surface area (Å²) in [5.41, 5.74) is 4.22. The molecule has 1 N–H and O–H groups in total. The number of benzene rings is 2. The molecule has 0 aliphatic rings. The first kappa shape index (κ1) is 24.8. The van der Waals surface area contributed by atoms with E-state index in [4.69, 9.17) is 8.23 Å². The van der Waals surface area contributed by atoms with Crippen LogP contribution in [0.1, 0.15) is 18.1 Å². The number of phenolic OH excluding ortho intramolecular Hbond substituents is 1. The van der Waals surface area contributed by atoms with Crippen molar-refractivity contribution in [1.82, 2.24) is 15.0 Å². The quantitative estimate of drug-likeness (QED) is 0.387. The highest BCUT2D eigenvalue weighted by Gasteiger charge is 2.38. The molecule has 9 heteroatoms. The predicted molar refractivity (Wildman–Crippen MR) is 138 cm³/mol. The molecule has 0 aliphatic heterocycles. The molecule has 1 radical (unpaired) electrons. The molecule has 32 heavy (non-hydrogen) atoms. The van der Waals surface area contributed by atoms with Crippen LogP contribution >= 0.6 is 0 Å². The number of hydrogen-bond donors (Lipinski definition) is 1. The van der Waals surface area contributed by atoms with E-state index in [-0.39, 0.29) is 5.75 Å². The van der Waals surface area contributed by atoms with Crippen molar-refractivity contribution in [1.29, 1.82) is 0 Å². The molecule has 0 aliphatic carbocycles. The second-order valence-corrected chi connectivity index (χ2v) is 20.5. The van der Waals surface area contributed by atoms with Gasteiger partial charge in [-0.2, -0.15) is 0 Å². The maximum absolute atomic E-state index is 11.1. The van der Waals surface area contributed by atoms with Gasteiger partial charge >= 0.3 is 8.56 Å². The maximum atomic E-state index is 11.1. The summed E-state index contributed by atoms with van der Waals surface area (Å²) in [6.45, 7) is 17.5. The van der Waals surface area contributed by atoms with Crippen molar-refractivity contribution in [2.45, 2.75) is 65.6 Å². The van der Waals surface area contributed by atoms with Crippen LogP contribution in [0, 0.1) is 12.8 Å². The number of phenols is 1. The van der Waals surface area contributed by atoms with Crippen LogP contribution in [0.5, 0.6) is 5.75 Å². The molecule has 0 bridgehead atoms. The highest BCUT2D eigenvalue weighted by atomic mass is 28.5. The molecule has 0 spiro atoms. The first-order valence-corrected chi connectivity index (χ1v) is 19.5. The Labute approximate surface area is 195 Å². The molecule has 1 aromatic heterocycles. The average Bonchev–Trinajstić information content (AvgIpc) is 3.05. The molecular formula is C23H36N3O3Si3. The van der Waals surface area contributed by atoms with Gasteiger partial charge in [0.2, 0.25) is 0 Å². The fourth-order valence-electron chi connectivity index (χ4n) is 4.37. The lowest BCUT2D eigenvalue weighted by atomic mass is 9.99. The predicted octanol–water partition coefficient (Wildman–Crippen LogP) is 5.80. The highest BCUT2D eigenvalue weighted by Crippen LogP contribution is 2.33. The molecule has 6 nitrogen and oxygen atoms in total. The van der Waals surface area contributed by atoms with Crippen molar-refractivity contribution >= 4 is 37.0 Å². The molecule has 2 atom stereocenters. The Hall–Kier alpha value is -1.79. The Morgan fingerprint density at radius 2 is 1.66 bits per heavy atom. The van der Waals surface area contributed by atoms with Crippen LogP contribution in [0.2, 0.25) is 45.3 Å². The van der Waals surface area contributed by atoms with Crippen LogP contribution in [0.15, 0.2) is 36.4 Å². The van der Waals surface area contributed by atoms with Crippen LogP contribution in [0.3, 0.4) is 0 Å². The van der Waals surface area contributed by atoms with Gasteiger partial charge < -0.3 is 13.3 Å². The van der Waals surface area contributed by atoms with Crippen molar-refractivity contribution in [2.24, 2.45) is 5.92 Å². The first-order chi connectivity index (χ1) is 14.8. The van der Waals surface area contributed by atoms with E-state index in [2.05, 4.69) is 62.5 Å². The van der Waals surface area contributed by atoms with E-state index in [1.807, 2.05) is 37.3 Å². The maximum Gasteiger partial charge on any atom is 0.314 e. The summed E-state index contributed by atoms with van der Waals surface area (Å²) in [4.78, 5) is 1.54. The molecule has 0 saturated heterocycles. The lowest BCUT2D eigenvalue weighted by Crippen LogP contribution is -2.50. The number of aromatic hydroxyl groups is 1. The molecule has 173 valence electrons. The number of fused-ring (bicyclic) bond motifs is 1. The third-order valence-electron chi connectivity index (χ3n) is 5.04. The summed E-state index contributed by atoms with van der Waals surface area (Å²) in [5, 5.41) is 20.2. The summed E-state index contributed by atoms with van der Waals surface area (Å²) >= 11 is 0. The topological polar surface area (TPSA) is 69.4 Å². The minimum absolute atomic E-state index is 0.244. The Balaban J connectivity index is 1.86. The number of aromatic nitrogens is 3. The number of hydrogen-bond acceptors (Lipinski definition) is 5. The molecule has 2 aromatic carbocycles. The molecule has 3 aromatic rings. The highest BCUT2D eigenvalue weighted by molar-refractivity contribution is 6.84. The van der Waals surface area contributed by atoms with Crippen molar-refractivity contribution in [3.8, 4) is 11.4 Å². The third-order valence-corrected chi connectivity index (χ3v) is 14.0. The van der Waals surface area contributed by atoms with E-state index in [1.54, 1.807) is 4.80 Å².